The van der Waals surface area contributed by atoms with Gasteiger partial charge in [-0.05, 0) is 43.9 Å². The van der Waals surface area contributed by atoms with Gasteiger partial charge >= 0.3 is 5.97 Å². The molecular weight excluding hydrogens is 204 g/mol. The maximum absolute atomic E-state index is 11.4. The first-order chi connectivity index (χ1) is 7.68. The monoisotopic (exact) mass is 226 g/mol. The van der Waals surface area contributed by atoms with Crippen molar-refractivity contribution in [3.8, 4) is 0 Å². The van der Waals surface area contributed by atoms with Crippen LogP contribution in [0.3, 0.4) is 0 Å². The molecule has 0 aromatic rings. The first-order valence-electron chi connectivity index (χ1n) is 6.49. The van der Waals surface area contributed by atoms with E-state index in [1.54, 1.807) is 0 Å². The summed E-state index contributed by atoms with van der Waals surface area (Å²) in [6, 6.07) is 0. The van der Waals surface area contributed by atoms with Crippen LogP contribution in [0.1, 0.15) is 45.4 Å². The van der Waals surface area contributed by atoms with Crippen LogP contribution in [0.2, 0.25) is 0 Å². The SMILES string of the molecule is CCCCOCCC1(C(=O)O)CC2CC2C1. The number of carboxylic acid groups (broad SMARTS) is 1. The lowest BCUT2D eigenvalue weighted by molar-refractivity contribution is -0.150. The van der Waals surface area contributed by atoms with Gasteiger partial charge in [0.05, 0.1) is 5.41 Å². The molecule has 2 saturated carbocycles. The van der Waals surface area contributed by atoms with Crippen LogP contribution >= 0.6 is 0 Å². The van der Waals surface area contributed by atoms with Crippen LogP contribution in [0.25, 0.3) is 0 Å². The average molecular weight is 226 g/mol. The molecule has 2 fully saturated rings. The molecule has 2 atom stereocenters. The molecule has 2 aliphatic rings. The van der Waals surface area contributed by atoms with Crippen molar-refractivity contribution in [3.05, 3.63) is 0 Å². The van der Waals surface area contributed by atoms with E-state index in [1.807, 2.05) is 0 Å². The van der Waals surface area contributed by atoms with E-state index in [0.717, 1.165) is 32.3 Å². The van der Waals surface area contributed by atoms with Crippen molar-refractivity contribution in [1.29, 1.82) is 0 Å². The van der Waals surface area contributed by atoms with Gasteiger partial charge in [0, 0.05) is 13.2 Å². The van der Waals surface area contributed by atoms with Gasteiger partial charge in [0.25, 0.3) is 0 Å². The largest absolute Gasteiger partial charge is 0.481 e. The molecule has 0 amide bonds. The van der Waals surface area contributed by atoms with Gasteiger partial charge in [0.1, 0.15) is 0 Å². The summed E-state index contributed by atoms with van der Waals surface area (Å²) < 4.78 is 5.50. The van der Waals surface area contributed by atoms with Crippen LogP contribution in [-0.2, 0) is 9.53 Å². The Balaban J connectivity index is 1.74. The fourth-order valence-electron chi connectivity index (χ4n) is 3.00. The van der Waals surface area contributed by atoms with Gasteiger partial charge in [0.2, 0.25) is 0 Å². The summed E-state index contributed by atoms with van der Waals surface area (Å²) in [6.45, 7) is 3.53. The summed E-state index contributed by atoms with van der Waals surface area (Å²) in [5.41, 5.74) is -0.445. The van der Waals surface area contributed by atoms with Crippen molar-refractivity contribution >= 4 is 5.97 Å². The normalized spacial score (nSPS) is 36.1. The van der Waals surface area contributed by atoms with E-state index < -0.39 is 11.4 Å². The van der Waals surface area contributed by atoms with Gasteiger partial charge in [-0.25, -0.2) is 0 Å². The number of carboxylic acids is 1. The van der Waals surface area contributed by atoms with E-state index in [0.29, 0.717) is 24.9 Å². The molecule has 2 rings (SSSR count). The molecule has 92 valence electrons. The van der Waals surface area contributed by atoms with Crippen molar-refractivity contribution in [1.82, 2.24) is 0 Å². The van der Waals surface area contributed by atoms with E-state index in [1.165, 1.54) is 6.42 Å². The van der Waals surface area contributed by atoms with Gasteiger partial charge in [0.15, 0.2) is 0 Å². The number of ether oxygens (including phenoxy) is 1. The smallest absolute Gasteiger partial charge is 0.309 e. The van der Waals surface area contributed by atoms with Gasteiger partial charge in [-0.15, -0.1) is 0 Å². The Labute approximate surface area is 97.2 Å². The standard InChI is InChI=1S/C13H22O3/c1-2-3-5-16-6-4-13(12(14)15)8-10-7-11(10)9-13/h10-11H,2-9H2,1H3,(H,14,15). The second kappa shape index (κ2) is 4.74. The Morgan fingerprint density at radius 3 is 2.62 bits per heavy atom. The molecule has 0 radical (unpaired) electrons. The highest BCUT2D eigenvalue weighted by molar-refractivity contribution is 5.75. The summed E-state index contributed by atoms with van der Waals surface area (Å²) in [5.74, 6) is 0.831. The van der Waals surface area contributed by atoms with Crippen LogP contribution in [-0.4, -0.2) is 24.3 Å². The first-order valence-corrected chi connectivity index (χ1v) is 6.49. The number of rotatable bonds is 7. The number of carbonyl (C=O) groups is 1. The van der Waals surface area contributed by atoms with Gasteiger partial charge in [-0.1, -0.05) is 13.3 Å². The summed E-state index contributed by atoms with van der Waals surface area (Å²) >= 11 is 0. The van der Waals surface area contributed by atoms with Crippen LogP contribution in [0.4, 0.5) is 0 Å². The van der Waals surface area contributed by atoms with Gasteiger partial charge < -0.3 is 9.84 Å². The molecule has 3 heteroatoms. The molecule has 16 heavy (non-hydrogen) atoms. The number of aliphatic carboxylic acids is 1. The fourth-order valence-corrected chi connectivity index (χ4v) is 3.00. The Bertz CT molecular complexity index is 252. The number of fused-ring (bicyclic) bond motifs is 1. The van der Waals surface area contributed by atoms with E-state index in [2.05, 4.69) is 6.92 Å². The lowest BCUT2D eigenvalue weighted by Crippen LogP contribution is -2.31. The molecule has 0 aromatic heterocycles. The van der Waals surface area contributed by atoms with E-state index in [-0.39, 0.29) is 0 Å². The van der Waals surface area contributed by atoms with Gasteiger partial charge in [-0.2, -0.15) is 0 Å². The molecule has 0 saturated heterocycles. The molecule has 0 heterocycles. The average Bonchev–Trinajstić information content (AvgIpc) is 2.86. The Morgan fingerprint density at radius 1 is 1.38 bits per heavy atom. The number of unbranched alkanes of at least 4 members (excludes halogenated alkanes) is 1. The summed E-state index contributed by atoms with van der Waals surface area (Å²) in [5, 5.41) is 9.35. The number of hydrogen-bond acceptors (Lipinski definition) is 2. The third-order valence-corrected chi connectivity index (χ3v) is 4.20. The third kappa shape index (κ3) is 2.40. The maximum Gasteiger partial charge on any atom is 0.309 e. The molecule has 1 N–H and O–H groups in total. The van der Waals surface area contributed by atoms with Crippen LogP contribution in [0.15, 0.2) is 0 Å². The fraction of sp³-hybridized carbons (Fsp3) is 0.923. The highest BCUT2D eigenvalue weighted by atomic mass is 16.5. The summed E-state index contributed by atoms with van der Waals surface area (Å²) in [6.07, 6.45) is 5.97. The lowest BCUT2D eigenvalue weighted by Gasteiger charge is -2.25. The van der Waals surface area contributed by atoms with E-state index in [4.69, 9.17) is 4.74 Å². The molecule has 0 aromatic carbocycles. The minimum absolute atomic E-state index is 0.445. The van der Waals surface area contributed by atoms with Crippen LogP contribution in [0.5, 0.6) is 0 Å². The first kappa shape index (κ1) is 11.9. The predicted molar refractivity (Wildman–Crippen MR) is 61.2 cm³/mol. The molecular formula is C13H22O3. The molecule has 2 unspecified atom stereocenters. The van der Waals surface area contributed by atoms with Crippen molar-refractivity contribution < 1.29 is 14.6 Å². The van der Waals surface area contributed by atoms with E-state index in [9.17, 15) is 9.90 Å². The number of hydrogen-bond donors (Lipinski definition) is 1. The van der Waals surface area contributed by atoms with Crippen molar-refractivity contribution in [2.45, 2.75) is 45.4 Å². The molecule has 3 nitrogen and oxygen atoms in total. The quantitative estimate of drug-likeness (QED) is 0.679. The van der Waals surface area contributed by atoms with E-state index >= 15 is 0 Å². The minimum atomic E-state index is -0.598. The van der Waals surface area contributed by atoms with Crippen molar-refractivity contribution in [2.24, 2.45) is 17.3 Å². The molecule has 0 bridgehead atoms. The van der Waals surface area contributed by atoms with Crippen LogP contribution in [0, 0.1) is 17.3 Å². The zero-order chi connectivity index (χ0) is 11.6. The maximum atomic E-state index is 11.4. The minimum Gasteiger partial charge on any atom is -0.481 e. The third-order valence-electron chi connectivity index (χ3n) is 4.20. The predicted octanol–water partition coefficient (Wildman–Crippen LogP) is 2.69. The highest BCUT2D eigenvalue weighted by Crippen LogP contribution is 2.61. The lowest BCUT2D eigenvalue weighted by atomic mass is 9.80. The van der Waals surface area contributed by atoms with Crippen LogP contribution < -0.4 is 0 Å². The molecule has 0 spiro atoms. The Morgan fingerprint density at radius 2 is 2.06 bits per heavy atom. The highest BCUT2D eigenvalue weighted by Gasteiger charge is 2.57. The summed E-state index contributed by atoms with van der Waals surface area (Å²) in [7, 11) is 0. The van der Waals surface area contributed by atoms with Gasteiger partial charge in [-0.3, -0.25) is 4.79 Å². The Hall–Kier alpha value is -0.570. The second-order valence-electron chi connectivity index (χ2n) is 5.47. The zero-order valence-electron chi connectivity index (χ0n) is 10.1. The topological polar surface area (TPSA) is 46.5 Å². The zero-order valence-corrected chi connectivity index (χ0v) is 10.1. The van der Waals surface area contributed by atoms with Crippen molar-refractivity contribution in [2.75, 3.05) is 13.2 Å². The Kier molecular flexibility index (Phi) is 3.53. The summed E-state index contributed by atoms with van der Waals surface area (Å²) in [4.78, 5) is 11.4. The molecule has 2 aliphatic carbocycles. The van der Waals surface area contributed by atoms with Crippen molar-refractivity contribution in [3.63, 3.8) is 0 Å². The second-order valence-corrected chi connectivity index (χ2v) is 5.47. The molecule has 0 aliphatic heterocycles.